The lowest BCUT2D eigenvalue weighted by Gasteiger charge is -2.09. The predicted molar refractivity (Wildman–Crippen MR) is 82.5 cm³/mol. The van der Waals surface area contributed by atoms with Crippen LogP contribution < -0.4 is 5.32 Å². The highest BCUT2D eigenvalue weighted by Gasteiger charge is 2.40. The SMILES string of the molecule is C[C@@H]1C[C@H]1C(=O)OCC(=O)Nc1sc2c(c1C#N)CCCC2. The summed E-state index contributed by atoms with van der Waals surface area (Å²) in [5.74, 6) is -0.355. The molecular formula is C16H18N2O3S. The van der Waals surface area contributed by atoms with Crippen molar-refractivity contribution in [1.82, 2.24) is 0 Å². The lowest BCUT2D eigenvalue weighted by Crippen LogP contribution is -2.21. The van der Waals surface area contributed by atoms with Crippen LogP contribution in [0.25, 0.3) is 0 Å². The summed E-state index contributed by atoms with van der Waals surface area (Å²) in [6.07, 6.45) is 4.93. The summed E-state index contributed by atoms with van der Waals surface area (Å²) < 4.78 is 5.02. The van der Waals surface area contributed by atoms with Crippen LogP contribution in [0, 0.1) is 23.2 Å². The third-order valence-corrected chi connectivity index (χ3v) is 5.50. The van der Waals surface area contributed by atoms with Gasteiger partial charge in [-0.05, 0) is 43.6 Å². The van der Waals surface area contributed by atoms with E-state index in [1.807, 2.05) is 6.92 Å². The summed E-state index contributed by atoms with van der Waals surface area (Å²) in [5, 5.41) is 12.6. The first-order valence-corrected chi connectivity index (χ1v) is 8.43. The number of ether oxygens (including phenoxy) is 1. The number of rotatable bonds is 4. The third kappa shape index (κ3) is 3.00. The molecule has 116 valence electrons. The van der Waals surface area contributed by atoms with E-state index in [1.54, 1.807) is 0 Å². The second-order valence-corrected chi connectivity index (χ2v) is 7.11. The molecule has 0 spiro atoms. The standard InChI is InChI=1S/C16H18N2O3S/c1-9-6-11(9)16(20)21-8-14(19)18-15-12(7-17)10-4-2-3-5-13(10)22-15/h9,11H,2-6,8H2,1H3,(H,18,19)/t9-,11-/m1/s1. The zero-order valence-corrected chi connectivity index (χ0v) is 13.3. The number of fused-ring (bicyclic) bond motifs is 1. The fourth-order valence-electron chi connectivity index (χ4n) is 2.83. The van der Waals surface area contributed by atoms with E-state index in [0.29, 0.717) is 16.5 Å². The highest BCUT2D eigenvalue weighted by Crippen LogP contribution is 2.39. The van der Waals surface area contributed by atoms with Gasteiger partial charge in [0.2, 0.25) is 0 Å². The molecule has 1 aromatic rings. The van der Waals surface area contributed by atoms with E-state index in [0.717, 1.165) is 37.7 Å². The molecule has 0 saturated heterocycles. The predicted octanol–water partition coefficient (Wildman–Crippen LogP) is 2.64. The summed E-state index contributed by atoms with van der Waals surface area (Å²) in [4.78, 5) is 24.7. The Morgan fingerprint density at radius 1 is 1.41 bits per heavy atom. The van der Waals surface area contributed by atoms with Gasteiger partial charge in [0.1, 0.15) is 11.1 Å². The second-order valence-electron chi connectivity index (χ2n) is 6.00. The Morgan fingerprint density at radius 2 is 2.14 bits per heavy atom. The molecule has 0 radical (unpaired) electrons. The van der Waals surface area contributed by atoms with Crippen molar-refractivity contribution in [3.05, 3.63) is 16.0 Å². The molecule has 6 heteroatoms. The number of nitriles is 1. The first-order valence-electron chi connectivity index (χ1n) is 7.61. The Labute approximate surface area is 133 Å². The maximum atomic E-state index is 11.9. The van der Waals surface area contributed by atoms with E-state index in [9.17, 15) is 14.9 Å². The van der Waals surface area contributed by atoms with Crippen molar-refractivity contribution >= 4 is 28.2 Å². The van der Waals surface area contributed by atoms with Gasteiger partial charge in [-0.1, -0.05) is 6.92 Å². The molecule has 22 heavy (non-hydrogen) atoms. The van der Waals surface area contributed by atoms with E-state index in [4.69, 9.17) is 4.74 Å². The van der Waals surface area contributed by atoms with E-state index >= 15 is 0 Å². The number of nitrogens with zero attached hydrogens (tertiary/aromatic N) is 1. The van der Waals surface area contributed by atoms with Gasteiger partial charge in [-0.3, -0.25) is 9.59 Å². The molecule has 1 amide bonds. The van der Waals surface area contributed by atoms with E-state index in [1.165, 1.54) is 16.2 Å². The maximum absolute atomic E-state index is 11.9. The van der Waals surface area contributed by atoms with Crippen LogP contribution in [0.15, 0.2) is 0 Å². The van der Waals surface area contributed by atoms with Crippen molar-refractivity contribution in [1.29, 1.82) is 5.26 Å². The summed E-state index contributed by atoms with van der Waals surface area (Å²) in [6.45, 7) is 1.71. The maximum Gasteiger partial charge on any atom is 0.309 e. The van der Waals surface area contributed by atoms with Gasteiger partial charge < -0.3 is 10.1 Å². The molecular weight excluding hydrogens is 300 g/mol. The van der Waals surface area contributed by atoms with Gasteiger partial charge in [0.15, 0.2) is 6.61 Å². The molecule has 3 rings (SSSR count). The Kier molecular flexibility index (Phi) is 4.16. The fourth-order valence-corrected chi connectivity index (χ4v) is 4.09. The summed E-state index contributed by atoms with van der Waals surface area (Å²) in [7, 11) is 0. The number of nitrogens with one attached hydrogen (secondary N) is 1. The van der Waals surface area contributed by atoms with Crippen LogP contribution in [0.5, 0.6) is 0 Å². The molecule has 1 aromatic heterocycles. The number of thiophene rings is 1. The first-order chi connectivity index (χ1) is 10.6. The van der Waals surface area contributed by atoms with Crippen LogP contribution in [0.2, 0.25) is 0 Å². The van der Waals surface area contributed by atoms with Gasteiger partial charge in [0.05, 0.1) is 11.5 Å². The Balaban J connectivity index is 1.60. The number of carbonyl (C=O) groups excluding carboxylic acids is 2. The zero-order valence-electron chi connectivity index (χ0n) is 12.5. The molecule has 2 aliphatic carbocycles. The van der Waals surface area contributed by atoms with Crippen LogP contribution in [-0.4, -0.2) is 18.5 Å². The van der Waals surface area contributed by atoms with E-state index in [-0.39, 0.29) is 24.4 Å². The molecule has 1 heterocycles. The lowest BCUT2D eigenvalue weighted by atomic mass is 9.96. The van der Waals surface area contributed by atoms with Gasteiger partial charge in [-0.25, -0.2) is 0 Å². The molecule has 1 saturated carbocycles. The number of esters is 1. The average Bonchev–Trinajstić information content (AvgIpc) is 3.13. The number of hydrogen-bond acceptors (Lipinski definition) is 5. The van der Waals surface area contributed by atoms with E-state index < -0.39 is 0 Å². The third-order valence-electron chi connectivity index (χ3n) is 4.29. The summed E-state index contributed by atoms with van der Waals surface area (Å²) >= 11 is 1.47. The lowest BCUT2D eigenvalue weighted by molar-refractivity contribution is -0.148. The molecule has 5 nitrogen and oxygen atoms in total. The van der Waals surface area contributed by atoms with E-state index in [2.05, 4.69) is 11.4 Å². The molecule has 0 bridgehead atoms. The van der Waals surface area contributed by atoms with Gasteiger partial charge in [-0.2, -0.15) is 5.26 Å². The van der Waals surface area contributed by atoms with Crippen molar-refractivity contribution in [2.75, 3.05) is 11.9 Å². The fraction of sp³-hybridized carbons (Fsp3) is 0.562. The quantitative estimate of drug-likeness (QED) is 0.866. The van der Waals surface area contributed by atoms with Crippen molar-refractivity contribution in [3.63, 3.8) is 0 Å². The number of anilines is 1. The highest BCUT2D eigenvalue weighted by molar-refractivity contribution is 7.16. The summed E-state index contributed by atoms with van der Waals surface area (Å²) in [5.41, 5.74) is 1.66. The van der Waals surface area contributed by atoms with Crippen LogP contribution in [0.1, 0.15) is 42.2 Å². The van der Waals surface area contributed by atoms with Crippen LogP contribution in [0.4, 0.5) is 5.00 Å². The topological polar surface area (TPSA) is 79.2 Å². The molecule has 0 unspecified atom stereocenters. The van der Waals surface area contributed by atoms with Gasteiger partial charge in [0, 0.05) is 4.88 Å². The Hall–Kier alpha value is -1.87. The smallest absolute Gasteiger partial charge is 0.309 e. The first kappa shape index (κ1) is 15.0. The molecule has 1 fully saturated rings. The normalized spacial score (nSPS) is 22.4. The Morgan fingerprint density at radius 3 is 2.82 bits per heavy atom. The monoisotopic (exact) mass is 318 g/mol. The highest BCUT2D eigenvalue weighted by atomic mass is 32.1. The van der Waals surface area contributed by atoms with Crippen LogP contribution in [-0.2, 0) is 27.2 Å². The number of carbonyl (C=O) groups is 2. The molecule has 1 N–H and O–H groups in total. The van der Waals surface area contributed by atoms with Crippen LogP contribution in [0.3, 0.4) is 0 Å². The molecule has 2 atom stereocenters. The largest absolute Gasteiger partial charge is 0.455 e. The average molecular weight is 318 g/mol. The zero-order chi connectivity index (χ0) is 15.7. The number of aryl methyl sites for hydroxylation is 1. The second kappa shape index (κ2) is 6.09. The van der Waals surface area contributed by atoms with Gasteiger partial charge in [-0.15, -0.1) is 11.3 Å². The molecule has 2 aliphatic rings. The van der Waals surface area contributed by atoms with Crippen molar-refractivity contribution < 1.29 is 14.3 Å². The number of hydrogen-bond donors (Lipinski definition) is 1. The minimum Gasteiger partial charge on any atom is -0.455 e. The van der Waals surface area contributed by atoms with Gasteiger partial charge in [0.25, 0.3) is 5.91 Å². The molecule has 0 aromatic carbocycles. The van der Waals surface area contributed by atoms with Gasteiger partial charge >= 0.3 is 5.97 Å². The minimum atomic E-state index is -0.378. The summed E-state index contributed by atoms with van der Waals surface area (Å²) in [6, 6.07) is 2.20. The minimum absolute atomic E-state index is 0.0449. The number of amides is 1. The van der Waals surface area contributed by atoms with Crippen molar-refractivity contribution in [2.45, 2.75) is 39.0 Å². The van der Waals surface area contributed by atoms with Crippen LogP contribution >= 0.6 is 11.3 Å². The van der Waals surface area contributed by atoms with Crippen molar-refractivity contribution in [3.8, 4) is 6.07 Å². The Bertz CT molecular complexity index is 659. The molecule has 0 aliphatic heterocycles. The van der Waals surface area contributed by atoms with Crippen molar-refractivity contribution in [2.24, 2.45) is 11.8 Å².